The summed E-state index contributed by atoms with van der Waals surface area (Å²) in [4.78, 5) is 25.2. The van der Waals surface area contributed by atoms with Gasteiger partial charge in [0.1, 0.15) is 0 Å². The highest BCUT2D eigenvalue weighted by Crippen LogP contribution is 2.41. The maximum atomic E-state index is 12.7. The Balaban J connectivity index is 2.74. The number of nitrogens with one attached hydrogen (secondary N) is 1. The SMILES string of the molecule is CCOC(=O)C1=C(COC)NC(C)=C(C(=O)OC)[C@@H]1c1ccccc1Cl. The van der Waals surface area contributed by atoms with Gasteiger partial charge >= 0.3 is 11.9 Å². The number of ether oxygens (including phenoxy) is 3. The first-order valence-corrected chi connectivity index (χ1v) is 8.53. The lowest BCUT2D eigenvalue weighted by atomic mass is 9.80. The van der Waals surface area contributed by atoms with Crippen LogP contribution in [0.15, 0.2) is 46.8 Å². The summed E-state index contributed by atoms with van der Waals surface area (Å²) >= 11 is 6.39. The Kier molecular flexibility index (Phi) is 6.83. The highest BCUT2D eigenvalue weighted by Gasteiger charge is 2.39. The summed E-state index contributed by atoms with van der Waals surface area (Å²) in [5, 5.41) is 3.52. The number of benzene rings is 1. The fourth-order valence-corrected chi connectivity index (χ4v) is 3.25. The molecule has 0 saturated carbocycles. The van der Waals surface area contributed by atoms with Gasteiger partial charge in [0.2, 0.25) is 0 Å². The van der Waals surface area contributed by atoms with Gasteiger partial charge in [-0.25, -0.2) is 9.59 Å². The van der Waals surface area contributed by atoms with Crippen LogP contribution in [0.3, 0.4) is 0 Å². The van der Waals surface area contributed by atoms with Gasteiger partial charge in [-0.2, -0.15) is 0 Å². The maximum absolute atomic E-state index is 12.7. The largest absolute Gasteiger partial charge is 0.466 e. The summed E-state index contributed by atoms with van der Waals surface area (Å²) in [5.41, 5.74) is 2.31. The van der Waals surface area contributed by atoms with Crippen LogP contribution >= 0.6 is 11.6 Å². The van der Waals surface area contributed by atoms with Crippen molar-refractivity contribution in [3.05, 3.63) is 57.4 Å². The molecule has 1 aliphatic rings. The first-order valence-electron chi connectivity index (χ1n) is 8.15. The fraction of sp³-hybridized carbons (Fsp3) is 0.368. The van der Waals surface area contributed by atoms with Crippen molar-refractivity contribution in [3.63, 3.8) is 0 Å². The molecule has 0 amide bonds. The zero-order valence-electron chi connectivity index (χ0n) is 15.2. The predicted octanol–water partition coefficient (Wildman–Crippen LogP) is 2.94. The first kappa shape index (κ1) is 20.0. The molecule has 0 aliphatic carbocycles. The highest BCUT2D eigenvalue weighted by molar-refractivity contribution is 6.31. The number of carbonyl (C=O) groups excluding carboxylic acids is 2. The van der Waals surface area contributed by atoms with Crippen molar-refractivity contribution in [1.82, 2.24) is 5.32 Å². The predicted molar refractivity (Wildman–Crippen MR) is 97.6 cm³/mol. The van der Waals surface area contributed by atoms with Gasteiger partial charge in [-0.05, 0) is 25.5 Å². The van der Waals surface area contributed by atoms with E-state index in [1.54, 1.807) is 38.1 Å². The second kappa shape index (κ2) is 8.87. The number of halogens is 1. The van der Waals surface area contributed by atoms with E-state index in [-0.39, 0.29) is 18.8 Å². The molecular formula is C19H22ClNO5. The Morgan fingerprint density at radius 1 is 1.15 bits per heavy atom. The molecule has 1 aliphatic heterocycles. The summed E-state index contributed by atoms with van der Waals surface area (Å²) in [5.74, 6) is -1.80. The Bertz CT molecular complexity index is 769. The summed E-state index contributed by atoms with van der Waals surface area (Å²) in [6.45, 7) is 3.82. The number of hydrogen-bond acceptors (Lipinski definition) is 6. The van der Waals surface area contributed by atoms with Crippen LogP contribution in [0.4, 0.5) is 0 Å². The van der Waals surface area contributed by atoms with E-state index in [9.17, 15) is 9.59 Å². The standard InChI is InChI=1S/C19H22ClNO5/c1-5-26-19(23)17-14(10-24-3)21-11(2)15(18(22)25-4)16(17)12-8-6-7-9-13(12)20/h6-9,16,21H,5,10H2,1-4H3/t16-/m0/s1. The van der Waals surface area contributed by atoms with Gasteiger partial charge in [0.05, 0.1) is 43.1 Å². The van der Waals surface area contributed by atoms with E-state index in [2.05, 4.69) is 5.32 Å². The molecule has 1 heterocycles. The molecule has 7 heteroatoms. The number of allylic oxidation sites excluding steroid dienone is 1. The molecule has 26 heavy (non-hydrogen) atoms. The van der Waals surface area contributed by atoms with Crippen LogP contribution in [0.25, 0.3) is 0 Å². The van der Waals surface area contributed by atoms with Gasteiger partial charge in [-0.3, -0.25) is 0 Å². The van der Waals surface area contributed by atoms with Crippen LogP contribution in [-0.2, 0) is 23.8 Å². The quantitative estimate of drug-likeness (QED) is 0.766. The van der Waals surface area contributed by atoms with Crippen LogP contribution < -0.4 is 5.32 Å². The topological polar surface area (TPSA) is 73.9 Å². The van der Waals surface area contributed by atoms with E-state index in [0.29, 0.717) is 27.6 Å². The van der Waals surface area contributed by atoms with Crippen molar-refractivity contribution in [2.45, 2.75) is 19.8 Å². The van der Waals surface area contributed by atoms with Crippen LogP contribution in [0.1, 0.15) is 25.3 Å². The van der Waals surface area contributed by atoms with Crippen molar-refractivity contribution >= 4 is 23.5 Å². The lowest BCUT2D eigenvalue weighted by Gasteiger charge is -2.31. The molecule has 0 aromatic heterocycles. The van der Waals surface area contributed by atoms with Crippen molar-refractivity contribution in [1.29, 1.82) is 0 Å². The fourth-order valence-electron chi connectivity index (χ4n) is 3.01. The lowest BCUT2D eigenvalue weighted by Crippen LogP contribution is -2.34. The Hall–Kier alpha value is -2.31. The third-order valence-corrected chi connectivity index (χ3v) is 4.39. The van der Waals surface area contributed by atoms with E-state index in [1.807, 2.05) is 0 Å². The summed E-state index contributed by atoms with van der Waals surface area (Å²) in [6, 6.07) is 7.07. The molecule has 2 rings (SSSR count). The highest BCUT2D eigenvalue weighted by atomic mass is 35.5. The summed E-state index contributed by atoms with van der Waals surface area (Å²) < 4.78 is 15.4. The molecule has 0 bridgehead atoms. The van der Waals surface area contributed by atoms with E-state index in [0.717, 1.165) is 0 Å². The molecule has 1 N–H and O–H groups in total. The van der Waals surface area contributed by atoms with Crippen LogP contribution in [0.5, 0.6) is 0 Å². The number of rotatable bonds is 6. The molecular weight excluding hydrogens is 358 g/mol. The minimum Gasteiger partial charge on any atom is -0.466 e. The number of esters is 2. The molecule has 0 radical (unpaired) electrons. The second-order valence-electron chi connectivity index (χ2n) is 5.66. The number of hydrogen-bond donors (Lipinski definition) is 1. The molecule has 6 nitrogen and oxygen atoms in total. The van der Waals surface area contributed by atoms with E-state index < -0.39 is 17.9 Å². The monoisotopic (exact) mass is 379 g/mol. The molecule has 1 aromatic rings. The molecule has 1 aromatic carbocycles. The molecule has 0 saturated heterocycles. The van der Waals surface area contributed by atoms with Crippen LogP contribution in [0.2, 0.25) is 5.02 Å². The normalized spacial score (nSPS) is 17.0. The number of dihydropyridines is 1. The molecule has 0 unspecified atom stereocenters. The van der Waals surface area contributed by atoms with E-state index in [1.165, 1.54) is 14.2 Å². The zero-order chi connectivity index (χ0) is 19.3. The van der Waals surface area contributed by atoms with Crippen molar-refractivity contribution in [2.75, 3.05) is 27.4 Å². The average Bonchev–Trinajstić information content (AvgIpc) is 2.61. The maximum Gasteiger partial charge on any atom is 0.336 e. The lowest BCUT2D eigenvalue weighted by molar-refractivity contribution is -0.139. The van der Waals surface area contributed by atoms with Gasteiger partial charge in [-0.15, -0.1) is 0 Å². The molecule has 140 valence electrons. The third kappa shape index (κ3) is 3.92. The zero-order valence-corrected chi connectivity index (χ0v) is 16.0. The third-order valence-electron chi connectivity index (χ3n) is 4.05. The Morgan fingerprint density at radius 2 is 1.85 bits per heavy atom. The number of carbonyl (C=O) groups is 2. The Labute approximate surface area is 157 Å². The Morgan fingerprint density at radius 3 is 2.42 bits per heavy atom. The van der Waals surface area contributed by atoms with Gasteiger partial charge in [0.15, 0.2) is 0 Å². The van der Waals surface area contributed by atoms with Gasteiger partial charge in [-0.1, -0.05) is 29.8 Å². The molecule has 1 atom stereocenters. The second-order valence-corrected chi connectivity index (χ2v) is 6.06. The van der Waals surface area contributed by atoms with E-state index >= 15 is 0 Å². The van der Waals surface area contributed by atoms with Crippen LogP contribution in [0, 0.1) is 0 Å². The van der Waals surface area contributed by atoms with Gasteiger partial charge in [0, 0.05) is 17.8 Å². The minimum atomic E-state index is -0.721. The van der Waals surface area contributed by atoms with Crippen molar-refractivity contribution < 1.29 is 23.8 Å². The first-order chi connectivity index (χ1) is 12.5. The average molecular weight is 380 g/mol. The summed E-state index contributed by atoms with van der Waals surface area (Å²) in [7, 11) is 2.82. The molecule has 0 fully saturated rings. The van der Waals surface area contributed by atoms with Gasteiger partial charge in [0.25, 0.3) is 0 Å². The van der Waals surface area contributed by atoms with Gasteiger partial charge < -0.3 is 19.5 Å². The minimum absolute atomic E-state index is 0.154. The number of methoxy groups -OCH3 is 2. The molecule has 0 spiro atoms. The van der Waals surface area contributed by atoms with Crippen molar-refractivity contribution in [2.24, 2.45) is 0 Å². The smallest absolute Gasteiger partial charge is 0.336 e. The van der Waals surface area contributed by atoms with Crippen LogP contribution in [-0.4, -0.2) is 39.4 Å². The van der Waals surface area contributed by atoms with E-state index in [4.69, 9.17) is 25.8 Å². The summed E-state index contributed by atoms with van der Waals surface area (Å²) in [6.07, 6.45) is 0. The van der Waals surface area contributed by atoms with Crippen molar-refractivity contribution in [3.8, 4) is 0 Å².